The SMILES string of the molecule is C.Clc1cccc(Br)c1.Clc1cccc(N(c2ccccc2)c2ccccc2)c1.Nc1ccc(-c2cccc3c2-c2ccccc2C32c3ccccc3-c3ccccc32)cc1.c1ccc(N(c2ccccc2)c2cccc(Nc3ccc(-c4cccc5c4-c4ccccc4C54c5ccccc5-c5ccccc54)cc3)c2)cc1. The number of nitrogen functional groups attached to an aromatic ring is 1. The first-order valence-corrected chi connectivity index (χ1v) is 38.9. The second-order valence-corrected chi connectivity index (χ2v) is 29.8. The van der Waals surface area contributed by atoms with Crippen molar-refractivity contribution in [1.29, 1.82) is 0 Å². The maximum Gasteiger partial charge on any atom is 0.0725 e. The normalized spacial score (nSPS) is 12.3. The molecule has 0 saturated heterocycles. The number of nitrogens with two attached hydrogens (primary N) is 1. The fourth-order valence-corrected chi connectivity index (χ4v) is 18.2. The summed E-state index contributed by atoms with van der Waals surface area (Å²) in [5.41, 5.74) is 41.3. The lowest BCUT2D eigenvalue weighted by Crippen LogP contribution is -2.25. The zero-order chi connectivity index (χ0) is 74.8. The highest BCUT2D eigenvalue weighted by Gasteiger charge is 2.53. The molecule has 3 N–H and O–H groups in total. The molecule has 0 aliphatic heterocycles. The summed E-state index contributed by atoms with van der Waals surface area (Å²) < 4.78 is 1.02. The van der Waals surface area contributed by atoms with Crippen LogP contribution in [0.1, 0.15) is 51.9 Å². The minimum absolute atomic E-state index is 0. The molecule has 0 saturated carbocycles. The van der Waals surface area contributed by atoms with Gasteiger partial charge in [-0.15, -0.1) is 0 Å². The zero-order valence-electron chi connectivity index (χ0n) is 60.5. The summed E-state index contributed by atoms with van der Waals surface area (Å²) in [6, 6.07) is 150. The van der Waals surface area contributed by atoms with E-state index in [2.05, 4.69) is 365 Å². The van der Waals surface area contributed by atoms with E-state index in [4.69, 9.17) is 28.9 Å². The molecular formula is C105H77BrCl2N4. The minimum atomic E-state index is -0.338. The van der Waals surface area contributed by atoms with Crippen LogP contribution in [0.25, 0.3) is 66.8 Å². The molecule has 17 aromatic rings. The molecule has 4 aliphatic carbocycles. The van der Waals surface area contributed by atoms with Crippen molar-refractivity contribution in [2.75, 3.05) is 20.9 Å². The highest BCUT2D eigenvalue weighted by Crippen LogP contribution is 2.66. The van der Waals surface area contributed by atoms with Crippen molar-refractivity contribution in [3.8, 4) is 66.8 Å². The van der Waals surface area contributed by atoms with Gasteiger partial charge in [-0.3, -0.25) is 0 Å². The third kappa shape index (κ3) is 12.9. The van der Waals surface area contributed by atoms with Crippen LogP contribution in [0.5, 0.6) is 0 Å². The lowest BCUT2D eigenvalue weighted by molar-refractivity contribution is 0.794. The van der Waals surface area contributed by atoms with Crippen molar-refractivity contribution >= 4 is 90.3 Å². The second kappa shape index (κ2) is 31.2. The van der Waals surface area contributed by atoms with Gasteiger partial charge in [0.25, 0.3) is 0 Å². The number of nitrogens with zero attached hydrogens (tertiary/aromatic N) is 2. The Morgan fingerprint density at radius 2 is 0.527 bits per heavy atom. The summed E-state index contributed by atoms with van der Waals surface area (Å²) in [7, 11) is 0. The number of benzene rings is 17. The van der Waals surface area contributed by atoms with Gasteiger partial charge in [0.2, 0.25) is 0 Å². The molecule has 7 heteroatoms. The van der Waals surface area contributed by atoms with Gasteiger partial charge in [0.05, 0.1) is 10.8 Å². The van der Waals surface area contributed by atoms with Crippen molar-refractivity contribution in [3.05, 3.63) is 484 Å². The molecule has 0 fully saturated rings. The van der Waals surface area contributed by atoms with Crippen LogP contribution < -0.4 is 20.9 Å². The van der Waals surface area contributed by atoms with Crippen LogP contribution in [0.15, 0.2) is 429 Å². The fraction of sp³-hybridized carbons (Fsp3) is 0.0286. The average Bonchev–Trinajstić information content (AvgIpc) is 1.51. The van der Waals surface area contributed by atoms with E-state index < -0.39 is 0 Å². The molecule has 2 spiro atoms. The molecule has 0 aromatic heterocycles. The predicted molar refractivity (Wildman–Crippen MR) is 477 cm³/mol. The number of nitrogens with one attached hydrogen (secondary N) is 1. The number of halogens is 3. The molecule has 0 heterocycles. The Morgan fingerprint density at radius 1 is 0.241 bits per heavy atom. The molecule has 0 bridgehead atoms. The lowest BCUT2D eigenvalue weighted by Gasteiger charge is -2.30. The molecule has 4 nitrogen and oxygen atoms in total. The quantitative estimate of drug-likeness (QED) is 0.134. The first kappa shape index (κ1) is 71.9. The molecule has 0 amide bonds. The van der Waals surface area contributed by atoms with Crippen LogP contribution in [-0.2, 0) is 10.8 Å². The van der Waals surface area contributed by atoms with Crippen LogP contribution in [0.4, 0.5) is 51.2 Å². The van der Waals surface area contributed by atoms with E-state index in [1.807, 2.05) is 91.0 Å². The lowest BCUT2D eigenvalue weighted by atomic mass is 9.70. The summed E-state index contributed by atoms with van der Waals surface area (Å²) in [5.74, 6) is 0. The van der Waals surface area contributed by atoms with Crippen molar-refractivity contribution in [3.63, 3.8) is 0 Å². The van der Waals surface area contributed by atoms with Crippen molar-refractivity contribution in [1.82, 2.24) is 0 Å². The highest BCUT2D eigenvalue weighted by molar-refractivity contribution is 9.10. The number of para-hydroxylation sites is 4. The first-order chi connectivity index (χ1) is 54.7. The van der Waals surface area contributed by atoms with Crippen LogP contribution in [0.3, 0.4) is 0 Å². The molecule has 0 atom stereocenters. The van der Waals surface area contributed by atoms with E-state index in [1.165, 1.54) is 111 Å². The number of hydrogen-bond acceptors (Lipinski definition) is 4. The van der Waals surface area contributed by atoms with Gasteiger partial charge in [0.15, 0.2) is 0 Å². The summed E-state index contributed by atoms with van der Waals surface area (Å²) in [6.07, 6.45) is 0. The summed E-state index contributed by atoms with van der Waals surface area (Å²) >= 11 is 15.0. The topological polar surface area (TPSA) is 44.5 Å². The third-order valence-corrected chi connectivity index (χ3v) is 22.7. The summed E-state index contributed by atoms with van der Waals surface area (Å²) in [5, 5.41) is 5.18. The minimum Gasteiger partial charge on any atom is -0.399 e. The zero-order valence-corrected chi connectivity index (χ0v) is 63.6. The van der Waals surface area contributed by atoms with Gasteiger partial charge in [0.1, 0.15) is 0 Å². The number of anilines is 9. The number of hydrogen-bond donors (Lipinski definition) is 2. The Labute approximate surface area is 674 Å². The third-order valence-electron chi connectivity index (χ3n) is 21.8. The molecule has 21 rings (SSSR count). The summed E-state index contributed by atoms with van der Waals surface area (Å²) in [4.78, 5) is 4.47. The van der Waals surface area contributed by atoms with Crippen LogP contribution in [-0.4, -0.2) is 0 Å². The van der Waals surface area contributed by atoms with E-state index in [1.54, 1.807) is 0 Å². The van der Waals surface area contributed by atoms with Gasteiger partial charge in [-0.1, -0.05) is 344 Å². The first-order valence-electron chi connectivity index (χ1n) is 37.4. The number of rotatable bonds is 10. The van der Waals surface area contributed by atoms with Gasteiger partial charge in [-0.2, -0.15) is 0 Å². The van der Waals surface area contributed by atoms with Crippen LogP contribution in [0, 0.1) is 0 Å². The van der Waals surface area contributed by atoms with Gasteiger partial charge in [-0.05, 0) is 239 Å². The Balaban J connectivity index is 0.000000126. The molecular weight excluding hydrogens is 1470 g/mol. The van der Waals surface area contributed by atoms with Gasteiger partial charge in [0, 0.05) is 65.7 Å². The van der Waals surface area contributed by atoms with E-state index >= 15 is 0 Å². The standard InChI is InChI=1S/C49H34N2.C31H21N.C18H14ClN.C6H4BrCl.CH4/c1-3-16-37(17-4-1)51(38-18-5-2-6-19-38)39-20-13-15-36(33-39)50-35-31-29-34(30-32-35)40-24-14-28-47-48(40)43-23-9-12-27-46(43)49(47)44-25-10-7-21-41(44)42-22-8-11-26-45(42)49;32-21-18-16-20(17-19-21)22-11-7-15-29-30(22)25-10-3-6-14-28(25)31(29)26-12-4-1-8-23(26)24-9-2-5-13-27(24)31;19-15-8-7-13-18(14-15)20(16-9-3-1-4-10-16)17-11-5-2-6-12-17;7-5-2-1-3-6(8)4-5;/h1-33,50H;1-19H,32H2;1-14H;1-4H;1H4. The molecule has 0 radical (unpaired) electrons. The largest absolute Gasteiger partial charge is 0.399 e. The molecule has 17 aromatic carbocycles. The van der Waals surface area contributed by atoms with Gasteiger partial charge >= 0.3 is 0 Å². The molecule has 538 valence electrons. The van der Waals surface area contributed by atoms with Crippen molar-refractivity contribution < 1.29 is 0 Å². The molecule has 4 aliphatic rings. The van der Waals surface area contributed by atoms with Gasteiger partial charge in [-0.25, -0.2) is 0 Å². The predicted octanol–water partition coefficient (Wildman–Crippen LogP) is 29.7. The summed E-state index contributed by atoms with van der Waals surface area (Å²) in [6.45, 7) is 0. The second-order valence-electron chi connectivity index (χ2n) is 28.0. The van der Waals surface area contributed by atoms with E-state index in [9.17, 15) is 0 Å². The highest BCUT2D eigenvalue weighted by atomic mass is 79.9. The van der Waals surface area contributed by atoms with E-state index in [0.717, 1.165) is 65.7 Å². The monoisotopic (exact) mass is 1540 g/mol. The van der Waals surface area contributed by atoms with E-state index in [0.29, 0.717) is 0 Å². The van der Waals surface area contributed by atoms with Crippen LogP contribution in [0.2, 0.25) is 10.0 Å². The Bertz CT molecular complexity index is 6060. The Hall–Kier alpha value is -13.0. The van der Waals surface area contributed by atoms with Crippen molar-refractivity contribution in [2.24, 2.45) is 0 Å². The van der Waals surface area contributed by atoms with Crippen molar-refractivity contribution in [2.45, 2.75) is 18.3 Å². The van der Waals surface area contributed by atoms with E-state index in [-0.39, 0.29) is 18.3 Å². The maximum atomic E-state index is 6.14. The Morgan fingerprint density at radius 3 is 0.893 bits per heavy atom. The van der Waals surface area contributed by atoms with Crippen LogP contribution >= 0.6 is 39.1 Å². The maximum absolute atomic E-state index is 6.14. The Kier molecular flexibility index (Phi) is 20.0. The molecule has 0 unspecified atom stereocenters. The van der Waals surface area contributed by atoms with Gasteiger partial charge < -0.3 is 20.9 Å². The average molecular weight is 1550 g/mol. The smallest absolute Gasteiger partial charge is 0.0725 e. The fourth-order valence-electron chi connectivity index (χ4n) is 17.3. The molecule has 112 heavy (non-hydrogen) atoms. The number of fused-ring (bicyclic) bond motifs is 20.